The first-order chi connectivity index (χ1) is 15.0. The van der Waals surface area contributed by atoms with Crippen LogP contribution in [0.1, 0.15) is 122 Å². The molecule has 0 amide bonds. The first-order valence-corrected chi connectivity index (χ1v) is 12.9. The van der Waals surface area contributed by atoms with Crippen molar-refractivity contribution < 1.29 is 0 Å². The molecule has 0 unspecified atom stereocenters. The van der Waals surface area contributed by atoms with Crippen LogP contribution in [0.5, 0.6) is 0 Å². The van der Waals surface area contributed by atoms with Crippen molar-refractivity contribution >= 4 is 17.4 Å². The first-order valence-electron chi connectivity index (χ1n) is 12.6. The third-order valence-electron chi connectivity index (χ3n) is 3.71. The molecule has 3 nitrogen and oxygen atoms in total. The highest BCUT2D eigenvalue weighted by atomic mass is 35.5. The molecule has 32 heavy (non-hydrogen) atoms. The maximum atomic E-state index is 5.93. The zero-order chi connectivity index (χ0) is 26.4. The Bertz CT molecular complexity index is 594. The van der Waals surface area contributed by atoms with Gasteiger partial charge in [-0.2, -0.15) is 0 Å². The second kappa shape index (κ2) is 22.8. The molecule has 1 aromatic rings. The van der Waals surface area contributed by atoms with Crippen molar-refractivity contribution in [1.29, 1.82) is 0 Å². The van der Waals surface area contributed by atoms with Crippen molar-refractivity contribution in [2.24, 2.45) is 5.41 Å². The van der Waals surface area contributed by atoms with Gasteiger partial charge in [-0.25, -0.2) is 9.97 Å². The van der Waals surface area contributed by atoms with E-state index in [1.54, 1.807) is 0 Å². The van der Waals surface area contributed by atoms with Gasteiger partial charge in [-0.1, -0.05) is 100.0 Å². The minimum absolute atomic E-state index is 0.0268. The first kappa shape index (κ1) is 37.9. The van der Waals surface area contributed by atoms with Gasteiger partial charge < -0.3 is 5.32 Å². The molecule has 190 valence electrons. The van der Waals surface area contributed by atoms with Gasteiger partial charge in [0.05, 0.1) is 0 Å². The lowest BCUT2D eigenvalue weighted by Crippen LogP contribution is -2.35. The lowest BCUT2D eigenvalue weighted by atomic mass is 9.82. The average molecular weight is 470 g/mol. The number of nitrogens with zero attached hydrogens (tertiary/aromatic N) is 2. The van der Waals surface area contributed by atoms with E-state index in [4.69, 9.17) is 11.6 Å². The van der Waals surface area contributed by atoms with Gasteiger partial charge in [0, 0.05) is 17.3 Å². The van der Waals surface area contributed by atoms with Crippen molar-refractivity contribution in [2.75, 3.05) is 5.32 Å². The second-order valence-corrected chi connectivity index (χ2v) is 8.67. The normalized spacial score (nSPS) is 10.9. The fourth-order valence-electron chi connectivity index (χ4n) is 3.06. The molecule has 0 atom stereocenters. The summed E-state index contributed by atoms with van der Waals surface area (Å²) in [6, 6.07) is 1.97. The molecule has 0 aliphatic rings. The van der Waals surface area contributed by atoms with Crippen LogP contribution in [-0.4, -0.2) is 15.5 Å². The lowest BCUT2D eigenvalue weighted by molar-refractivity contribution is 0.302. The van der Waals surface area contributed by atoms with Crippen LogP contribution in [0.2, 0.25) is 5.28 Å². The molecule has 0 spiro atoms. The Labute approximate surface area is 207 Å². The smallest absolute Gasteiger partial charge is 0.224 e. The van der Waals surface area contributed by atoms with Crippen LogP contribution >= 0.6 is 11.6 Å². The van der Waals surface area contributed by atoms with Gasteiger partial charge in [0.1, 0.15) is 5.82 Å². The number of halogens is 1. The van der Waals surface area contributed by atoms with E-state index in [2.05, 4.69) is 88.9 Å². The van der Waals surface area contributed by atoms with E-state index < -0.39 is 0 Å². The Morgan fingerprint density at radius 1 is 0.938 bits per heavy atom. The minimum atomic E-state index is -0.0268. The number of aromatic nitrogens is 2. The van der Waals surface area contributed by atoms with Crippen molar-refractivity contribution in [3.8, 4) is 0 Å². The fraction of sp³-hybridized carbons (Fsp3) is 0.714. The minimum Gasteiger partial charge on any atom is -0.365 e. The Hall–Kier alpha value is -1.35. The van der Waals surface area contributed by atoms with Gasteiger partial charge in [-0.3, -0.25) is 0 Å². The van der Waals surface area contributed by atoms with Gasteiger partial charge in [0.25, 0.3) is 0 Å². The fourth-order valence-corrected chi connectivity index (χ4v) is 3.26. The van der Waals surface area contributed by atoms with Gasteiger partial charge in [-0.05, 0) is 64.0 Å². The van der Waals surface area contributed by atoms with Crippen LogP contribution in [-0.2, 0) is 6.42 Å². The third-order valence-corrected chi connectivity index (χ3v) is 3.88. The van der Waals surface area contributed by atoms with E-state index in [-0.39, 0.29) is 11.0 Å². The standard InChI is InChI=1S/C14H24ClN3.C8H14.3C2H6/c1-7-10-8-11(17-12(15)16-10)18-14(5,6)9-13(2,3)4;1-4-7-8(5-2)6-3;3*1-2/h8H,7,9H2,1-6H3,(H,16,17,18);4-5,7H,6H2,1-3H3;3*1-2H3/b;7-4-,8-5-;;;. The monoisotopic (exact) mass is 469 g/mol. The van der Waals surface area contributed by atoms with Crippen molar-refractivity contribution in [3.05, 3.63) is 40.8 Å². The summed E-state index contributed by atoms with van der Waals surface area (Å²) in [5.41, 5.74) is 2.61. The van der Waals surface area contributed by atoms with Crippen LogP contribution in [0.4, 0.5) is 5.82 Å². The van der Waals surface area contributed by atoms with Crippen molar-refractivity contribution in [3.63, 3.8) is 0 Å². The molecule has 1 N–H and O–H groups in total. The van der Waals surface area contributed by atoms with Crippen LogP contribution < -0.4 is 5.32 Å². The summed E-state index contributed by atoms with van der Waals surface area (Å²) in [7, 11) is 0. The summed E-state index contributed by atoms with van der Waals surface area (Å²) >= 11 is 5.93. The Kier molecular flexibility index (Phi) is 27.1. The number of rotatable bonds is 6. The topological polar surface area (TPSA) is 37.8 Å². The number of anilines is 1. The van der Waals surface area contributed by atoms with E-state index in [0.717, 1.165) is 30.8 Å². The zero-order valence-corrected chi connectivity index (χ0v) is 25.0. The molecule has 1 aromatic heterocycles. The maximum Gasteiger partial charge on any atom is 0.224 e. The molecule has 0 saturated carbocycles. The Balaban J connectivity index is -0.000000235. The largest absolute Gasteiger partial charge is 0.365 e. The summed E-state index contributed by atoms with van der Waals surface area (Å²) in [6.07, 6.45) is 9.39. The predicted octanol–water partition coefficient (Wildman–Crippen LogP) is 10.3. The van der Waals surface area contributed by atoms with Gasteiger partial charge in [0.15, 0.2) is 0 Å². The van der Waals surface area contributed by atoms with Crippen LogP contribution in [0, 0.1) is 5.41 Å². The molecule has 0 fully saturated rings. The molecule has 0 aromatic carbocycles. The molecular formula is C28H56ClN3. The quantitative estimate of drug-likeness (QED) is 0.332. The maximum absolute atomic E-state index is 5.93. The van der Waals surface area contributed by atoms with Gasteiger partial charge in [-0.15, -0.1) is 0 Å². The van der Waals surface area contributed by atoms with Crippen LogP contribution in [0.25, 0.3) is 0 Å². The predicted molar refractivity (Wildman–Crippen MR) is 151 cm³/mol. The van der Waals surface area contributed by atoms with E-state index in [0.29, 0.717) is 5.28 Å². The van der Waals surface area contributed by atoms with E-state index in [1.807, 2.05) is 54.5 Å². The summed E-state index contributed by atoms with van der Waals surface area (Å²) in [6.45, 7) is 31.4. The number of hydrogen-bond donors (Lipinski definition) is 1. The molecule has 1 heterocycles. The highest BCUT2D eigenvalue weighted by Crippen LogP contribution is 2.29. The van der Waals surface area contributed by atoms with Crippen LogP contribution in [0.3, 0.4) is 0 Å². The van der Waals surface area contributed by atoms with E-state index in [1.165, 1.54) is 5.57 Å². The molecule has 0 aliphatic heterocycles. The summed E-state index contributed by atoms with van der Waals surface area (Å²) in [5, 5.41) is 3.76. The number of nitrogens with one attached hydrogen (secondary N) is 1. The van der Waals surface area contributed by atoms with Gasteiger partial charge >= 0.3 is 0 Å². The number of allylic oxidation sites excluding steroid dienone is 4. The van der Waals surface area contributed by atoms with E-state index in [9.17, 15) is 0 Å². The lowest BCUT2D eigenvalue weighted by Gasteiger charge is -2.33. The van der Waals surface area contributed by atoms with E-state index >= 15 is 0 Å². The number of aryl methyl sites for hydroxylation is 1. The average Bonchev–Trinajstić information content (AvgIpc) is 2.74. The zero-order valence-electron chi connectivity index (χ0n) is 24.2. The molecule has 0 saturated heterocycles. The molecule has 1 rings (SSSR count). The van der Waals surface area contributed by atoms with Crippen molar-refractivity contribution in [2.45, 2.75) is 129 Å². The Morgan fingerprint density at radius 2 is 1.44 bits per heavy atom. The SMILES string of the molecule is C/C=C\C(=C/C)CC.CC.CC.CC.CCc1cc(NC(C)(C)CC(C)(C)C)nc(Cl)n1. The van der Waals surface area contributed by atoms with Gasteiger partial charge in [0.2, 0.25) is 5.28 Å². The molecule has 0 bridgehead atoms. The summed E-state index contributed by atoms with van der Waals surface area (Å²) in [4.78, 5) is 8.41. The molecule has 0 radical (unpaired) electrons. The summed E-state index contributed by atoms with van der Waals surface area (Å²) < 4.78 is 0. The van der Waals surface area contributed by atoms with Crippen molar-refractivity contribution in [1.82, 2.24) is 9.97 Å². The third kappa shape index (κ3) is 23.3. The molecule has 4 heteroatoms. The molecular weight excluding hydrogens is 414 g/mol. The number of hydrogen-bond acceptors (Lipinski definition) is 3. The second-order valence-electron chi connectivity index (χ2n) is 8.33. The highest BCUT2D eigenvalue weighted by molar-refractivity contribution is 6.28. The Morgan fingerprint density at radius 3 is 1.75 bits per heavy atom. The summed E-state index contributed by atoms with van der Waals surface area (Å²) in [5.74, 6) is 0.807. The molecule has 0 aliphatic carbocycles. The highest BCUT2D eigenvalue weighted by Gasteiger charge is 2.25. The van der Waals surface area contributed by atoms with Crippen LogP contribution in [0.15, 0.2) is 29.9 Å².